The molecule has 3 aromatic rings. The molecule has 6 nitrogen and oxygen atoms in total. The molecule has 36 heavy (non-hydrogen) atoms. The van der Waals surface area contributed by atoms with Gasteiger partial charge in [0.1, 0.15) is 11.6 Å². The van der Waals surface area contributed by atoms with Crippen LogP contribution in [-0.2, 0) is 4.79 Å². The first kappa shape index (κ1) is 26.4. The highest BCUT2D eigenvalue weighted by Gasteiger charge is 2.24. The Morgan fingerprint density at radius 3 is 2.69 bits per heavy atom. The van der Waals surface area contributed by atoms with Crippen molar-refractivity contribution in [2.24, 2.45) is 0 Å². The van der Waals surface area contributed by atoms with Crippen LogP contribution in [0.3, 0.4) is 0 Å². The Hall–Kier alpha value is -2.71. The van der Waals surface area contributed by atoms with Gasteiger partial charge in [0.25, 0.3) is 5.91 Å². The Labute approximate surface area is 223 Å². The van der Waals surface area contributed by atoms with E-state index >= 15 is 0 Å². The van der Waals surface area contributed by atoms with E-state index < -0.39 is 17.7 Å². The number of hydrogen-bond donors (Lipinski definition) is 2. The maximum atomic E-state index is 14.1. The van der Waals surface area contributed by atoms with Gasteiger partial charge >= 0.3 is 5.97 Å². The first-order chi connectivity index (χ1) is 17.3. The summed E-state index contributed by atoms with van der Waals surface area (Å²) < 4.78 is 15.0. The molecule has 0 spiro atoms. The number of hydrogen-bond acceptors (Lipinski definition) is 4. The van der Waals surface area contributed by atoms with Crippen LogP contribution in [0, 0.1) is 12.7 Å². The van der Waals surface area contributed by atoms with Gasteiger partial charge < -0.3 is 15.3 Å². The fourth-order valence-corrected chi connectivity index (χ4v) is 5.47. The number of carboxylic acid groups (broad SMARTS) is 1. The quantitative estimate of drug-likeness (QED) is 0.321. The van der Waals surface area contributed by atoms with Crippen LogP contribution in [0.4, 0.5) is 10.2 Å². The van der Waals surface area contributed by atoms with Crippen molar-refractivity contribution < 1.29 is 19.1 Å². The van der Waals surface area contributed by atoms with Crippen molar-refractivity contribution in [2.45, 2.75) is 44.9 Å². The lowest BCUT2D eigenvalue weighted by Crippen LogP contribution is -2.33. The molecule has 1 saturated heterocycles. The summed E-state index contributed by atoms with van der Waals surface area (Å²) in [7, 11) is 0. The number of nitrogens with one attached hydrogen (secondary N) is 1. The second kappa shape index (κ2) is 11.6. The second-order valence-corrected chi connectivity index (χ2v) is 10.4. The van der Waals surface area contributed by atoms with Gasteiger partial charge in [0.2, 0.25) is 0 Å². The second-order valence-electron chi connectivity index (χ2n) is 9.13. The molecule has 1 aliphatic rings. The number of nitrogens with zero attached hydrogens (tertiary/aromatic N) is 2. The van der Waals surface area contributed by atoms with Gasteiger partial charge in [-0.05, 0) is 62.4 Å². The number of amides is 1. The van der Waals surface area contributed by atoms with Gasteiger partial charge in [0.05, 0.1) is 16.1 Å². The summed E-state index contributed by atoms with van der Waals surface area (Å²) in [4.78, 5) is 32.0. The molecule has 190 valence electrons. The number of piperidine rings is 1. The summed E-state index contributed by atoms with van der Waals surface area (Å²) in [6, 6.07) is 10.1. The third-order valence-corrected chi connectivity index (χ3v) is 7.58. The summed E-state index contributed by atoms with van der Waals surface area (Å²) in [5.41, 5.74) is 2.53. The molecular formula is C27H28BrClFN3O3. The number of carbonyl (C=O) groups excluding carboxylic acids is 1. The van der Waals surface area contributed by atoms with Crippen LogP contribution in [0.5, 0.6) is 0 Å². The standard InChI is InChI=1S/C27H28BrClFN3O3/c1-16-24(20-14-18(28)9-10-22(20)32-26(16)33-12-3-2-4-13-33)27(36)31-15-17(8-11-23(34)35)19-6-5-7-21(30)25(19)29/h5-7,9-10,14,17H,2-4,8,11-13,15H2,1H3,(H,31,36)(H,34,35)/t17-/m1/s1. The molecule has 1 atom stereocenters. The fourth-order valence-electron chi connectivity index (χ4n) is 4.83. The number of halogens is 3. The van der Waals surface area contributed by atoms with E-state index in [1.54, 1.807) is 6.07 Å². The zero-order valence-electron chi connectivity index (χ0n) is 20.0. The topological polar surface area (TPSA) is 82.5 Å². The van der Waals surface area contributed by atoms with Crippen molar-refractivity contribution in [3.05, 3.63) is 68.4 Å². The molecule has 1 amide bonds. The maximum absolute atomic E-state index is 14.1. The molecule has 0 unspecified atom stereocenters. The van der Waals surface area contributed by atoms with Crippen molar-refractivity contribution in [2.75, 3.05) is 24.5 Å². The minimum atomic E-state index is -0.967. The maximum Gasteiger partial charge on any atom is 0.303 e. The zero-order valence-corrected chi connectivity index (χ0v) is 22.3. The fraction of sp³-hybridized carbons (Fsp3) is 0.370. The molecule has 0 aliphatic carbocycles. The van der Waals surface area contributed by atoms with Crippen molar-refractivity contribution >= 4 is 56.1 Å². The lowest BCUT2D eigenvalue weighted by molar-refractivity contribution is -0.137. The van der Waals surface area contributed by atoms with Crippen molar-refractivity contribution in [1.82, 2.24) is 10.3 Å². The van der Waals surface area contributed by atoms with Gasteiger partial charge in [-0.2, -0.15) is 0 Å². The minimum Gasteiger partial charge on any atom is -0.481 e. The van der Waals surface area contributed by atoms with Crippen LogP contribution in [0.2, 0.25) is 5.02 Å². The highest BCUT2D eigenvalue weighted by Crippen LogP contribution is 2.33. The average Bonchev–Trinajstić information content (AvgIpc) is 2.86. The highest BCUT2D eigenvalue weighted by atomic mass is 79.9. The van der Waals surface area contributed by atoms with E-state index in [0.29, 0.717) is 11.1 Å². The van der Waals surface area contributed by atoms with E-state index in [2.05, 4.69) is 26.1 Å². The smallest absolute Gasteiger partial charge is 0.303 e. The first-order valence-corrected chi connectivity index (χ1v) is 13.2. The molecular weight excluding hydrogens is 549 g/mol. The van der Waals surface area contributed by atoms with Gasteiger partial charge in [-0.3, -0.25) is 9.59 Å². The molecule has 4 rings (SSSR count). The summed E-state index contributed by atoms with van der Waals surface area (Å²) in [5.74, 6) is -1.48. The highest BCUT2D eigenvalue weighted by molar-refractivity contribution is 9.10. The SMILES string of the molecule is Cc1c(N2CCCCC2)nc2ccc(Br)cc2c1C(=O)NC[C@@H](CCC(=O)O)c1cccc(F)c1Cl. The van der Waals surface area contributed by atoms with E-state index in [-0.39, 0.29) is 30.3 Å². The number of pyridine rings is 1. The Bertz CT molecular complexity index is 1300. The van der Waals surface area contributed by atoms with E-state index in [4.69, 9.17) is 16.6 Å². The van der Waals surface area contributed by atoms with E-state index in [1.165, 1.54) is 18.6 Å². The predicted molar refractivity (Wildman–Crippen MR) is 144 cm³/mol. The van der Waals surface area contributed by atoms with E-state index in [9.17, 15) is 19.1 Å². The average molecular weight is 577 g/mol. The molecule has 2 aromatic carbocycles. The lowest BCUT2D eigenvalue weighted by atomic mass is 9.93. The van der Waals surface area contributed by atoms with Gasteiger partial charge in [0, 0.05) is 47.4 Å². The molecule has 2 N–H and O–H groups in total. The van der Waals surface area contributed by atoms with Gasteiger partial charge in [-0.1, -0.05) is 39.7 Å². The van der Waals surface area contributed by atoms with Gasteiger partial charge in [-0.15, -0.1) is 0 Å². The molecule has 0 bridgehead atoms. The van der Waals surface area contributed by atoms with Crippen LogP contribution in [0.25, 0.3) is 10.9 Å². The predicted octanol–water partition coefficient (Wildman–Crippen LogP) is 6.47. The summed E-state index contributed by atoms with van der Waals surface area (Å²) in [6.07, 6.45) is 3.43. The summed E-state index contributed by atoms with van der Waals surface area (Å²) in [5, 5.41) is 12.9. The van der Waals surface area contributed by atoms with Crippen LogP contribution >= 0.6 is 27.5 Å². The number of fused-ring (bicyclic) bond motifs is 1. The van der Waals surface area contributed by atoms with Crippen molar-refractivity contribution in [3.63, 3.8) is 0 Å². The van der Waals surface area contributed by atoms with Crippen molar-refractivity contribution in [3.8, 4) is 0 Å². The Morgan fingerprint density at radius 1 is 1.22 bits per heavy atom. The van der Waals surface area contributed by atoms with E-state index in [0.717, 1.165) is 52.7 Å². The third-order valence-electron chi connectivity index (χ3n) is 6.68. The lowest BCUT2D eigenvalue weighted by Gasteiger charge is -2.30. The number of aliphatic carboxylic acids is 1. The summed E-state index contributed by atoms with van der Waals surface area (Å²) in [6.45, 7) is 3.82. The number of aromatic nitrogens is 1. The molecule has 0 radical (unpaired) electrons. The largest absolute Gasteiger partial charge is 0.481 e. The third kappa shape index (κ3) is 5.81. The Morgan fingerprint density at radius 2 is 1.97 bits per heavy atom. The number of anilines is 1. The molecule has 9 heteroatoms. The Kier molecular flexibility index (Phi) is 8.46. The first-order valence-electron chi connectivity index (χ1n) is 12.0. The zero-order chi connectivity index (χ0) is 25.8. The number of rotatable bonds is 8. The molecule has 1 aliphatic heterocycles. The summed E-state index contributed by atoms with van der Waals surface area (Å²) >= 11 is 9.71. The normalized spacial score (nSPS) is 14.6. The van der Waals surface area contributed by atoms with Crippen molar-refractivity contribution in [1.29, 1.82) is 0 Å². The van der Waals surface area contributed by atoms with E-state index in [1.807, 2.05) is 25.1 Å². The number of carboxylic acids is 1. The van der Waals surface area contributed by atoms with Gasteiger partial charge in [-0.25, -0.2) is 9.37 Å². The van der Waals surface area contributed by atoms with Crippen LogP contribution in [-0.4, -0.2) is 41.6 Å². The molecule has 2 heterocycles. The monoisotopic (exact) mass is 575 g/mol. The number of benzene rings is 2. The minimum absolute atomic E-state index is 0.0519. The Balaban J connectivity index is 1.68. The number of carbonyl (C=O) groups is 2. The molecule has 0 saturated carbocycles. The van der Waals surface area contributed by atoms with Crippen LogP contribution in [0.15, 0.2) is 40.9 Å². The molecule has 1 fully saturated rings. The van der Waals surface area contributed by atoms with Crippen LogP contribution in [0.1, 0.15) is 59.5 Å². The van der Waals surface area contributed by atoms with Crippen LogP contribution < -0.4 is 10.2 Å². The van der Waals surface area contributed by atoms with Gasteiger partial charge in [0.15, 0.2) is 0 Å². The molecule has 1 aromatic heterocycles.